The topological polar surface area (TPSA) is 35.0 Å². The summed E-state index contributed by atoms with van der Waals surface area (Å²) >= 11 is 0. The SMILES string of the molecule is CC.COc1ncncc1C(C)C(C)C. The summed E-state index contributed by atoms with van der Waals surface area (Å²) in [4.78, 5) is 8.07. The van der Waals surface area contributed by atoms with Crippen molar-refractivity contribution in [3.05, 3.63) is 18.1 Å². The van der Waals surface area contributed by atoms with Gasteiger partial charge in [-0.25, -0.2) is 9.97 Å². The van der Waals surface area contributed by atoms with Crippen LogP contribution in [0.4, 0.5) is 0 Å². The van der Waals surface area contributed by atoms with E-state index in [1.807, 2.05) is 20.0 Å². The van der Waals surface area contributed by atoms with Crippen molar-refractivity contribution in [2.24, 2.45) is 5.92 Å². The second-order valence-corrected chi connectivity index (χ2v) is 3.52. The molecular weight excluding hydrogens is 188 g/mol. The van der Waals surface area contributed by atoms with Gasteiger partial charge in [-0.1, -0.05) is 34.6 Å². The smallest absolute Gasteiger partial charge is 0.219 e. The molecule has 0 spiro atoms. The van der Waals surface area contributed by atoms with Crippen LogP contribution >= 0.6 is 0 Å². The van der Waals surface area contributed by atoms with Gasteiger partial charge < -0.3 is 4.74 Å². The minimum absolute atomic E-state index is 0.427. The van der Waals surface area contributed by atoms with Crippen molar-refractivity contribution in [2.75, 3.05) is 7.11 Å². The van der Waals surface area contributed by atoms with Crippen LogP contribution in [0.1, 0.15) is 46.1 Å². The zero-order valence-electron chi connectivity index (χ0n) is 10.6. The molecule has 0 aliphatic heterocycles. The monoisotopic (exact) mass is 210 g/mol. The highest BCUT2D eigenvalue weighted by atomic mass is 16.5. The first-order valence-corrected chi connectivity index (χ1v) is 5.50. The van der Waals surface area contributed by atoms with Crippen LogP contribution in [0, 0.1) is 5.92 Å². The van der Waals surface area contributed by atoms with E-state index in [0.717, 1.165) is 5.56 Å². The predicted molar refractivity (Wildman–Crippen MR) is 63.2 cm³/mol. The molecule has 1 atom stereocenters. The van der Waals surface area contributed by atoms with E-state index in [4.69, 9.17) is 4.74 Å². The Hall–Kier alpha value is -1.12. The Labute approximate surface area is 92.9 Å². The van der Waals surface area contributed by atoms with E-state index < -0.39 is 0 Å². The number of hydrogen-bond donors (Lipinski definition) is 0. The standard InChI is InChI=1S/C10H16N2O.C2H6/c1-7(2)8(3)9-5-11-6-12-10(9)13-4;1-2/h5-8H,1-4H3;1-2H3. The molecule has 1 unspecified atom stereocenters. The molecule has 1 heterocycles. The van der Waals surface area contributed by atoms with Crippen molar-refractivity contribution in [3.63, 3.8) is 0 Å². The van der Waals surface area contributed by atoms with Gasteiger partial charge in [-0.3, -0.25) is 0 Å². The first-order valence-electron chi connectivity index (χ1n) is 5.50. The van der Waals surface area contributed by atoms with Gasteiger partial charge in [0.1, 0.15) is 6.33 Å². The van der Waals surface area contributed by atoms with E-state index in [2.05, 4.69) is 30.7 Å². The van der Waals surface area contributed by atoms with Crippen molar-refractivity contribution in [1.29, 1.82) is 0 Å². The summed E-state index contributed by atoms with van der Waals surface area (Å²) in [5.41, 5.74) is 1.08. The van der Waals surface area contributed by atoms with Gasteiger partial charge in [-0.2, -0.15) is 0 Å². The maximum Gasteiger partial charge on any atom is 0.219 e. The Balaban J connectivity index is 0.000000921. The van der Waals surface area contributed by atoms with E-state index in [0.29, 0.717) is 17.7 Å². The van der Waals surface area contributed by atoms with Gasteiger partial charge in [0, 0.05) is 11.8 Å². The molecule has 0 saturated carbocycles. The minimum atomic E-state index is 0.427. The zero-order valence-corrected chi connectivity index (χ0v) is 10.6. The zero-order chi connectivity index (χ0) is 11.8. The van der Waals surface area contributed by atoms with E-state index in [1.54, 1.807) is 7.11 Å². The van der Waals surface area contributed by atoms with Gasteiger partial charge >= 0.3 is 0 Å². The summed E-state index contributed by atoms with van der Waals surface area (Å²) in [6.07, 6.45) is 3.34. The first kappa shape index (κ1) is 13.9. The van der Waals surface area contributed by atoms with Crippen LogP contribution < -0.4 is 4.74 Å². The second kappa shape index (κ2) is 7.21. The van der Waals surface area contributed by atoms with E-state index >= 15 is 0 Å². The van der Waals surface area contributed by atoms with Crippen LogP contribution in [0.5, 0.6) is 5.88 Å². The Bertz CT molecular complexity index is 274. The third kappa shape index (κ3) is 3.86. The van der Waals surface area contributed by atoms with Gasteiger partial charge in [0.05, 0.1) is 7.11 Å². The fraction of sp³-hybridized carbons (Fsp3) is 0.667. The predicted octanol–water partition coefficient (Wildman–Crippen LogP) is 3.27. The third-order valence-electron chi connectivity index (χ3n) is 2.39. The van der Waals surface area contributed by atoms with Crippen molar-refractivity contribution in [1.82, 2.24) is 9.97 Å². The third-order valence-corrected chi connectivity index (χ3v) is 2.39. The number of ether oxygens (including phenoxy) is 1. The van der Waals surface area contributed by atoms with Gasteiger partial charge in [0.15, 0.2) is 0 Å². The second-order valence-electron chi connectivity index (χ2n) is 3.52. The highest BCUT2D eigenvalue weighted by Gasteiger charge is 2.15. The van der Waals surface area contributed by atoms with Gasteiger partial charge in [0.2, 0.25) is 5.88 Å². The van der Waals surface area contributed by atoms with Crippen LogP contribution in [0.3, 0.4) is 0 Å². The Kier molecular flexibility index (Phi) is 6.67. The molecule has 0 fully saturated rings. The fourth-order valence-corrected chi connectivity index (χ4v) is 1.17. The maximum absolute atomic E-state index is 5.17. The molecule has 1 rings (SSSR count). The summed E-state index contributed by atoms with van der Waals surface area (Å²) in [5.74, 6) is 1.69. The molecule has 3 heteroatoms. The summed E-state index contributed by atoms with van der Waals surface area (Å²) in [6.45, 7) is 10.5. The van der Waals surface area contributed by atoms with Gasteiger partial charge in [-0.05, 0) is 11.8 Å². The lowest BCUT2D eigenvalue weighted by molar-refractivity contribution is 0.380. The van der Waals surface area contributed by atoms with Crippen LogP contribution in [0.25, 0.3) is 0 Å². The van der Waals surface area contributed by atoms with Crippen molar-refractivity contribution < 1.29 is 4.74 Å². The molecule has 0 aliphatic rings. The average molecular weight is 210 g/mol. The number of rotatable bonds is 3. The molecule has 0 aromatic carbocycles. The van der Waals surface area contributed by atoms with Crippen LogP contribution in [0.2, 0.25) is 0 Å². The molecule has 15 heavy (non-hydrogen) atoms. The molecule has 0 bridgehead atoms. The fourth-order valence-electron chi connectivity index (χ4n) is 1.17. The Morgan fingerprint density at radius 2 is 1.80 bits per heavy atom. The molecule has 0 N–H and O–H groups in total. The number of hydrogen-bond acceptors (Lipinski definition) is 3. The highest BCUT2D eigenvalue weighted by Crippen LogP contribution is 2.28. The first-order chi connectivity index (χ1) is 7.16. The summed E-state index contributed by atoms with van der Waals surface area (Å²) in [7, 11) is 1.64. The lowest BCUT2D eigenvalue weighted by atomic mass is 9.92. The molecule has 1 aromatic heterocycles. The molecular formula is C12H22N2O. The minimum Gasteiger partial charge on any atom is -0.481 e. The maximum atomic E-state index is 5.17. The lowest BCUT2D eigenvalue weighted by Crippen LogP contribution is -2.05. The summed E-state index contributed by atoms with van der Waals surface area (Å²) in [5, 5.41) is 0. The number of aromatic nitrogens is 2. The molecule has 86 valence electrons. The van der Waals surface area contributed by atoms with Gasteiger partial charge in [0.25, 0.3) is 0 Å². The molecule has 3 nitrogen and oxygen atoms in total. The molecule has 0 aliphatic carbocycles. The number of nitrogens with zero attached hydrogens (tertiary/aromatic N) is 2. The highest BCUT2D eigenvalue weighted by molar-refractivity contribution is 5.26. The normalized spacial score (nSPS) is 11.7. The summed E-state index contributed by atoms with van der Waals surface area (Å²) < 4.78 is 5.17. The molecule has 1 aromatic rings. The Morgan fingerprint density at radius 1 is 1.20 bits per heavy atom. The van der Waals surface area contributed by atoms with Crippen molar-refractivity contribution in [2.45, 2.75) is 40.5 Å². The summed E-state index contributed by atoms with van der Waals surface area (Å²) in [6, 6.07) is 0. The molecule has 0 radical (unpaired) electrons. The van der Waals surface area contributed by atoms with Crippen LogP contribution in [-0.2, 0) is 0 Å². The van der Waals surface area contributed by atoms with Gasteiger partial charge in [-0.15, -0.1) is 0 Å². The van der Waals surface area contributed by atoms with Crippen LogP contribution in [0.15, 0.2) is 12.5 Å². The Morgan fingerprint density at radius 3 is 2.27 bits per heavy atom. The van der Waals surface area contributed by atoms with Crippen molar-refractivity contribution in [3.8, 4) is 5.88 Å². The number of methoxy groups -OCH3 is 1. The van der Waals surface area contributed by atoms with E-state index in [1.165, 1.54) is 6.33 Å². The van der Waals surface area contributed by atoms with Crippen molar-refractivity contribution >= 4 is 0 Å². The lowest BCUT2D eigenvalue weighted by Gasteiger charge is -2.16. The largest absolute Gasteiger partial charge is 0.481 e. The average Bonchev–Trinajstić information content (AvgIpc) is 2.30. The van der Waals surface area contributed by atoms with E-state index in [-0.39, 0.29) is 0 Å². The van der Waals surface area contributed by atoms with Crippen LogP contribution in [-0.4, -0.2) is 17.1 Å². The van der Waals surface area contributed by atoms with E-state index in [9.17, 15) is 0 Å². The molecule has 0 saturated heterocycles. The molecule has 0 amide bonds. The quantitative estimate of drug-likeness (QED) is 0.768.